The van der Waals surface area contributed by atoms with Crippen LogP contribution in [-0.4, -0.2) is 70.1 Å². The summed E-state index contributed by atoms with van der Waals surface area (Å²) in [6, 6.07) is 8.07. The minimum atomic E-state index is -0.871. The van der Waals surface area contributed by atoms with Gasteiger partial charge in [0.2, 0.25) is 0 Å². The van der Waals surface area contributed by atoms with Crippen LogP contribution < -0.4 is 15.4 Å². The maximum atomic E-state index is 14.4. The monoisotopic (exact) mass is 573 g/mol. The lowest BCUT2D eigenvalue weighted by Gasteiger charge is -2.45. The van der Waals surface area contributed by atoms with Gasteiger partial charge in [-0.05, 0) is 49.8 Å². The van der Waals surface area contributed by atoms with Gasteiger partial charge in [0, 0.05) is 49.2 Å². The Bertz CT molecular complexity index is 1510. The quantitative estimate of drug-likeness (QED) is 0.523. The summed E-state index contributed by atoms with van der Waals surface area (Å²) in [4.78, 5) is 13.7. The van der Waals surface area contributed by atoms with Crippen molar-refractivity contribution in [2.75, 3.05) is 36.9 Å². The van der Waals surface area contributed by atoms with E-state index in [1.807, 2.05) is 11.0 Å². The summed E-state index contributed by atoms with van der Waals surface area (Å²) in [7, 11) is 0. The molecule has 0 bridgehead atoms. The lowest BCUT2D eigenvalue weighted by atomic mass is 9.69. The third-order valence-corrected chi connectivity index (χ3v) is 10.3. The summed E-state index contributed by atoms with van der Waals surface area (Å²) in [5.41, 5.74) is 9.42. The molecule has 10 nitrogen and oxygen atoms in total. The van der Waals surface area contributed by atoms with Crippen molar-refractivity contribution in [3.63, 3.8) is 0 Å². The molecule has 220 valence electrons. The van der Waals surface area contributed by atoms with Crippen molar-refractivity contribution < 1.29 is 19.0 Å². The van der Waals surface area contributed by atoms with E-state index in [4.69, 9.17) is 25.2 Å². The third kappa shape index (κ3) is 4.21. The van der Waals surface area contributed by atoms with Gasteiger partial charge in [-0.25, -0.2) is 4.39 Å². The number of nitriles is 2. The molecule has 1 aliphatic carbocycles. The van der Waals surface area contributed by atoms with Gasteiger partial charge in [0.05, 0.1) is 35.6 Å². The zero-order valence-corrected chi connectivity index (χ0v) is 23.9. The molecule has 6 atom stereocenters. The number of aromatic nitrogens is 2. The average molecular weight is 574 g/mol. The first-order valence-corrected chi connectivity index (χ1v) is 15.0. The first kappa shape index (κ1) is 27.3. The van der Waals surface area contributed by atoms with Gasteiger partial charge in [-0.15, -0.1) is 0 Å². The number of ether oxygens (including phenoxy) is 2. The van der Waals surface area contributed by atoms with E-state index in [1.54, 1.807) is 6.07 Å². The molecular weight excluding hydrogens is 537 g/mol. The highest BCUT2D eigenvalue weighted by molar-refractivity contribution is 5.64. The minimum absolute atomic E-state index is 0.180. The number of nitrogens with zero attached hydrogens (tertiary/aromatic N) is 6. The van der Waals surface area contributed by atoms with Gasteiger partial charge in [-0.2, -0.15) is 20.5 Å². The van der Waals surface area contributed by atoms with Crippen LogP contribution in [0.2, 0.25) is 0 Å². The van der Waals surface area contributed by atoms with Gasteiger partial charge in [0.1, 0.15) is 36.3 Å². The zero-order valence-electron chi connectivity index (χ0n) is 23.9. The number of hydrogen-bond acceptors (Lipinski definition) is 10. The number of nitrogen functional groups attached to an aromatic ring is 1. The Morgan fingerprint density at radius 2 is 2.12 bits per heavy atom. The van der Waals surface area contributed by atoms with Crippen LogP contribution in [0.5, 0.6) is 6.01 Å². The normalized spacial score (nSPS) is 33.6. The van der Waals surface area contributed by atoms with E-state index in [-0.39, 0.29) is 37.2 Å². The molecule has 11 heteroatoms. The standard InChI is InChI=1S/C31H36FN7O3/c1-18-5-7-31(27-22(18)3-4-25(35)23(27)13-34)11-26-24(16-42-31)28(39-15-21(40)9-20(39)12-33)37-29(36-26)41-17-30-6-2-8-38(30)14-19(32)10-30/h3-4,18-21,40H,2,5-11,14-17,35H2,1H3/t18-,19+,20+,21-,30?,31-/m0/s1. The van der Waals surface area contributed by atoms with Crippen LogP contribution in [0.4, 0.5) is 15.9 Å². The van der Waals surface area contributed by atoms with Gasteiger partial charge in [-0.3, -0.25) is 4.90 Å². The second-order valence-corrected chi connectivity index (χ2v) is 12.8. The largest absolute Gasteiger partial charge is 0.461 e. The van der Waals surface area contributed by atoms with Crippen LogP contribution in [0.1, 0.15) is 79.3 Å². The molecular formula is C31H36FN7O3. The maximum Gasteiger partial charge on any atom is 0.318 e. The molecule has 0 radical (unpaired) electrons. The van der Waals surface area contributed by atoms with Gasteiger partial charge < -0.3 is 25.2 Å². The second kappa shape index (κ2) is 10.0. The van der Waals surface area contributed by atoms with Crippen molar-refractivity contribution >= 4 is 11.5 Å². The third-order valence-electron chi connectivity index (χ3n) is 10.3. The molecule has 7 rings (SSSR count). The fourth-order valence-corrected chi connectivity index (χ4v) is 8.15. The topological polar surface area (TPSA) is 145 Å². The molecule has 3 saturated heterocycles. The zero-order chi connectivity index (χ0) is 29.2. The summed E-state index contributed by atoms with van der Waals surface area (Å²) in [6.45, 7) is 4.18. The van der Waals surface area contributed by atoms with Gasteiger partial charge >= 0.3 is 6.01 Å². The van der Waals surface area contributed by atoms with Gasteiger partial charge in [0.15, 0.2) is 0 Å². The van der Waals surface area contributed by atoms with E-state index < -0.39 is 23.9 Å². The number of rotatable bonds is 4. The van der Waals surface area contributed by atoms with Crippen molar-refractivity contribution in [2.45, 2.75) is 93.9 Å². The van der Waals surface area contributed by atoms with E-state index in [9.17, 15) is 20.0 Å². The van der Waals surface area contributed by atoms with E-state index in [2.05, 4.69) is 24.0 Å². The van der Waals surface area contributed by atoms with Crippen LogP contribution in [-0.2, 0) is 23.4 Å². The number of nitrogens with two attached hydrogens (primary N) is 1. The molecule has 0 saturated carbocycles. The highest BCUT2D eigenvalue weighted by Gasteiger charge is 2.50. The Morgan fingerprint density at radius 3 is 2.93 bits per heavy atom. The van der Waals surface area contributed by atoms with Crippen molar-refractivity contribution in [1.82, 2.24) is 14.9 Å². The lowest BCUT2D eigenvalue weighted by Crippen LogP contribution is -2.44. The van der Waals surface area contributed by atoms with E-state index in [0.29, 0.717) is 49.3 Å². The Morgan fingerprint density at radius 1 is 1.26 bits per heavy atom. The predicted octanol–water partition coefficient (Wildman–Crippen LogP) is 3.21. The number of fused-ring (bicyclic) bond motifs is 4. The van der Waals surface area contributed by atoms with Crippen molar-refractivity contribution in [1.29, 1.82) is 10.5 Å². The summed E-state index contributed by atoms with van der Waals surface area (Å²) in [5.74, 6) is 0.783. The van der Waals surface area contributed by atoms with Crippen molar-refractivity contribution in [3.05, 3.63) is 40.1 Å². The number of halogens is 1. The fourth-order valence-electron chi connectivity index (χ4n) is 8.15. The average Bonchev–Trinajstić information content (AvgIpc) is 3.64. The molecule has 42 heavy (non-hydrogen) atoms. The van der Waals surface area contributed by atoms with E-state index in [0.717, 1.165) is 48.2 Å². The lowest BCUT2D eigenvalue weighted by molar-refractivity contribution is -0.0873. The summed E-state index contributed by atoms with van der Waals surface area (Å²) < 4.78 is 27.5. The SMILES string of the molecule is C[C@H]1CC[C@]2(Cc3nc(OCC45CCCN4C[C@H](F)C5)nc(N4C[C@@H](O)C[C@@H]4C#N)c3CO2)c2c1ccc(N)c2C#N. The number of aliphatic hydroxyl groups is 1. The fraction of sp³-hybridized carbons (Fsp3) is 0.613. The molecule has 4 aliphatic heterocycles. The van der Waals surface area contributed by atoms with Crippen LogP contribution in [0.3, 0.4) is 0 Å². The number of aliphatic hydroxyl groups excluding tert-OH is 1. The number of anilines is 2. The van der Waals surface area contributed by atoms with Crippen molar-refractivity contribution in [3.8, 4) is 18.1 Å². The molecule has 3 fully saturated rings. The van der Waals surface area contributed by atoms with Crippen LogP contribution >= 0.6 is 0 Å². The minimum Gasteiger partial charge on any atom is -0.461 e. The highest BCUT2D eigenvalue weighted by atomic mass is 19.1. The Hall–Kier alpha value is -3.51. The molecule has 1 unspecified atom stereocenters. The Balaban J connectivity index is 1.30. The van der Waals surface area contributed by atoms with E-state index >= 15 is 0 Å². The molecule has 1 aromatic carbocycles. The van der Waals surface area contributed by atoms with Gasteiger partial charge in [0.25, 0.3) is 0 Å². The number of benzene rings is 1. The molecule has 2 aromatic rings. The summed E-state index contributed by atoms with van der Waals surface area (Å²) >= 11 is 0. The first-order valence-electron chi connectivity index (χ1n) is 15.0. The maximum absolute atomic E-state index is 14.4. The molecule has 1 spiro atoms. The van der Waals surface area contributed by atoms with E-state index in [1.165, 1.54) is 0 Å². The number of β-amino-alcohol motifs (C(OH)–C–C–N with tert-alkyl or cyclic N) is 1. The van der Waals surface area contributed by atoms with Crippen molar-refractivity contribution in [2.24, 2.45) is 0 Å². The molecule has 1 aromatic heterocycles. The second-order valence-electron chi connectivity index (χ2n) is 12.8. The Kier molecular flexibility index (Phi) is 6.54. The molecule has 5 aliphatic rings. The van der Waals surface area contributed by atoms with Gasteiger partial charge in [-0.1, -0.05) is 13.0 Å². The predicted molar refractivity (Wildman–Crippen MR) is 151 cm³/mol. The molecule has 3 N–H and O–H groups in total. The number of hydrogen-bond donors (Lipinski definition) is 2. The number of alkyl halides is 1. The molecule has 0 amide bonds. The Labute approximate surface area is 244 Å². The van der Waals surface area contributed by atoms with Crippen LogP contribution in [0, 0.1) is 22.7 Å². The summed E-state index contributed by atoms with van der Waals surface area (Å²) in [6.07, 6.45) is 3.08. The van der Waals surface area contributed by atoms with Crippen LogP contribution in [0.25, 0.3) is 0 Å². The smallest absolute Gasteiger partial charge is 0.318 e. The molecule has 5 heterocycles. The summed E-state index contributed by atoms with van der Waals surface area (Å²) in [5, 5.41) is 30.5. The highest BCUT2D eigenvalue weighted by Crippen LogP contribution is 2.51. The first-order chi connectivity index (χ1) is 20.3. The van der Waals surface area contributed by atoms with Crippen LogP contribution in [0.15, 0.2) is 12.1 Å².